The summed E-state index contributed by atoms with van der Waals surface area (Å²) < 4.78 is 0. The van der Waals surface area contributed by atoms with Crippen LogP contribution in [0.1, 0.15) is 10.4 Å². The van der Waals surface area contributed by atoms with Gasteiger partial charge in [-0.3, -0.25) is 19.7 Å². The van der Waals surface area contributed by atoms with Crippen LogP contribution >= 0.6 is 11.8 Å². The third kappa shape index (κ3) is 2.72. The number of carbonyl (C=O) groups is 2. The van der Waals surface area contributed by atoms with Gasteiger partial charge in [-0.25, -0.2) is 0 Å². The minimum atomic E-state index is -0.622. The fourth-order valence-corrected chi connectivity index (χ4v) is 1.97. The molecule has 0 spiro atoms. The van der Waals surface area contributed by atoms with Crippen LogP contribution in [0.3, 0.4) is 0 Å². The highest BCUT2D eigenvalue weighted by atomic mass is 32.2. The third-order valence-corrected chi connectivity index (χ3v) is 2.97. The summed E-state index contributed by atoms with van der Waals surface area (Å²) in [6.45, 7) is 0. The molecule has 1 aromatic carbocycles. The van der Waals surface area contributed by atoms with Crippen LogP contribution in [0.4, 0.5) is 5.69 Å². The zero-order chi connectivity index (χ0) is 13.1. The second-order valence-corrected chi connectivity index (χ2v) is 4.33. The Morgan fingerprint density at radius 1 is 1.50 bits per heavy atom. The maximum Gasteiger partial charge on any atom is 0.279 e. The Morgan fingerprint density at radius 2 is 2.28 bits per heavy atom. The van der Waals surface area contributed by atoms with E-state index in [0.29, 0.717) is 0 Å². The summed E-state index contributed by atoms with van der Waals surface area (Å²) in [6, 6.07) is 5.27. The van der Waals surface area contributed by atoms with E-state index in [4.69, 9.17) is 0 Å². The van der Waals surface area contributed by atoms with Crippen LogP contribution in [-0.2, 0) is 4.79 Å². The molecule has 0 saturated carbocycles. The molecule has 0 radical (unpaired) electrons. The Kier molecular flexibility index (Phi) is 3.38. The Hall–Kier alpha value is -2.22. The van der Waals surface area contributed by atoms with Gasteiger partial charge in [0.1, 0.15) is 0 Å². The summed E-state index contributed by atoms with van der Waals surface area (Å²) in [6.07, 6.45) is 0. The van der Waals surface area contributed by atoms with Crippen LogP contribution in [0.25, 0.3) is 0 Å². The van der Waals surface area contributed by atoms with Crippen molar-refractivity contribution in [2.45, 2.75) is 0 Å². The average Bonchev–Trinajstić information content (AvgIpc) is 2.75. The van der Waals surface area contributed by atoms with Crippen LogP contribution in [0.2, 0.25) is 0 Å². The maximum absolute atomic E-state index is 11.7. The molecule has 1 fully saturated rings. The molecule has 8 heteroatoms. The number of rotatable bonds is 2. The van der Waals surface area contributed by atoms with Gasteiger partial charge >= 0.3 is 0 Å². The fraction of sp³-hybridized carbons (Fsp3) is 0.100. The van der Waals surface area contributed by atoms with E-state index in [1.165, 1.54) is 18.2 Å². The van der Waals surface area contributed by atoms with Gasteiger partial charge in [-0.2, -0.15) is 4.99 Å². The fourth-order valence-electron chi connectivity index (χ4n) is 1.29. The van der Waals surface area contributed by atoms with Gasteiger partial charge in [-0.15, -0.1) is 0 Å². The van der Waals surface area contributed by atoms with Crippen molar-refractivity contribution in [3.05, 3.63) is 39.9 Å². The van der Waals surface area contributed by atoms with Crippen molar-refractivity contribution in [3.63, 3.8) is 0 Å². The smallest absolute Gasteiger partial charge is 0.279 e. The molecular formula is C10H7N3O4S. The average molecular weight is 265 g/mol. The number of amides is 2. The van der Waals surface area contributed by atoms with Crippen molar-refractivity contribution in [1.82, 2.24) is 5.32 Å². The number of nitro benzene ring substituents is 1. The van der Waals surface area contributed by atoms with Gasteiger partial charge in [0, 0.05) is 17.7 Å². The first-order valence-corrected chi connectivity index (χ1v) is 5.85. The first kappa shape index (κ1) is 12.2. The van der Waals surface area contributed by atoms with Gasteiger partial charge in [0.25, 0.3) is 11.6 Å². The SMILES string of the molecule is O=C1CSC(=NC(=O)c2cccc([N+](=O)[O-])c2)N1. The van der Waals surface area contributed by atoms with Crippen molar-refractivity contribution in [2.24, 2.45) is 4.99 Å². The number of nitrogens with one attached hydrogen (secondary N) is 1. The monoisotopic (exact) mass is 265 g/mol. The molecule has 92 valence electrons. The van der Waals surface area contributed by atoms with Crippen LogP contribution < -0.4 is 5.32 Å². The Morgan fingerprint density at radius 3 is 2.89 bits per heavy atom. The van der Waals surface area contributed by atoms with Crippen molar-refractivity contribution in [2.75, 3.05) is 5.75 Å². The molecular weight excluding hydrogens is 258 g/mol. The van der Waals surface area contributed by atoms with Crippen LogP contribution in [-0.4, -0.2) is 27.7 Å². The lowest BCUT2D eigenvalue weighted by Crippen LogP contribution is -2.21. The molecule has 0 unspecified atom stereocenters. The van der Waals surface area contributed by atoms with Gasteiger partial charge in [-0.05, 0) is 6.07 Å². The number of hydrogen-bond donors (Lipinski definition) is 1. The molecule has 7 nitrogen and oxygen atoms in total. The lowest BCUT2D eigenvalue weighted by molar-refractivity contribution is -0.384. The second-order valence-electron chi connectivity index (χ2n) is 3.37. The number of thioether (sulfide) groups is 1. The number of benzene rings is 1. The summed E-state index contributed by atoms with van der Waals surface area (Å²) in [5.74, 6) is -0.616. The molecule has 2 amide bonds. The van der Waals surface area contributed by atoms with Crippen molar-refractivity contribution >= 4 is 34.4 Å². The van der Waals surface area contributed by atoms with Gasteiger partial charge < -0.3 is 5.32 Å². The highest BCUT2D eigenvalue weighted by Crippen LogP contribution is 2.15. The van der Waals surface area contributed by atoms with Crippen LogP contribution in [0.5, 0.6) is 0 Å². The minimum Gasteiger partial charge on any atom is -0.304 e. The standard InChI is InChI=1S/C10H7N3O4S/c14-8-5-18-10(11-8)12-9(15)6-2-1-3-7(4-6)13(16)17/h1-4H,5H2,(H,11,12,14,15). The van der Waals surface area contributed by atoms with Crippen molar-refractivity contribution in [3.8, 4) is 0 Å². The predicted molar refractivity (Wildman–Crippen MR) is 65.5 cm³/mol. The largest absolute Gasteiger partial charge is 0.304 e. The highest BCUT2D eigenvalue weighted by molar-refractivity contribution is 8.15. The Balaban J connectivity index is 2.21. The number of nitro groups is 1. The molecule has 1 aliphatic rings. The van der Waals surface area contributed by atoms with Gasteiger partial charge in [0.15, 0.2) is 5.17 Å². The quantitative estimate of drug-likeness (QED) is 0.633. The molecule has 1 heterocycles. The lowest BCUT2D eigenvalue weighted by Gasteiger charge is -1.97. The van der Waals surface area contributed by atoms with Crippen molar-refractivity contribution in [1.29, 1.82) is 0 Å². The van der Waals surface area contributed by atoms with E-state index in [9.17, 15) is 19.7 Å². The van der Waals surface area contributed by atoms with E-state index >= 15 is 0 Å². The van der Waals surface area contributed by atoms with Gasteiger partial charge in [0.05, 0.1) is 10.7 Å². The number of nitrogens with zero attached hydrogens (tertiary/aromatic N) is 2. The third-order valence-electron chi connectivity index (χ3n) is 2.09. The molecule has 0 aliphatic carbocycles. The number of aliphatic imine (C=N–C) groups is 1. The van der Waals surface area contributed by atoms with Crippen LogP contribution in [0.15, 0.2) is 29.3 Å². The summed E-state index contributed by atoms with van der Waals surface area (Å²) in [5.41, 5.74) is -0.0670. The normalized spacial score (nSPS) is 16.7. The summed E-state index contributed by atoms with van der Waals surface area (Å²) >= 11 is 1.12. The molecule has 1 N–H and O–H groups in total. The Labute approximate surface area is 105 Å². The van der Waals surface area contributed by atoms with Crippen LogP contribution in [0, 0.1) is 10.1 Å². The molecule has 18 heavy (non-hydrogen) atoms. The number of amidine groups is 1. The predicted octanol–water partition coefficient (Wildman–Crippen LogP) is 0.954. The zero-order valence-corrected chi connectivity index (χ0v) is 9.77. The summed E-state index contributed by atoms with van der Waals surface area (Å²) in [4.78, 5) is 36.3. The molecule has 1 saturated heterocycles. The van der Waals surface area contributed by atoms with E-state index < -0.39 is 10.8 Å². The number of non-ortho nitro benzene ring substituents is 1. The van der Waals surface area contributed by atoms with Gasteiger partial charge in [-0.1, -0.05) is 17.8 Å². The highest BCUT2D eigenvalue weighted by Gasteiger charge is 2.18. The molecule has 2 rings (SSSR count). The lowest BCUT2D eigenvalue weighted by atomic mass is 10.2. The number of hydrogen-bond acceptors (Lipinski definition) is 5. The van der Waals surface area contributed by atoms with E-state index in [-0.39, 0.29) is 28.1 Å². The number of carbonyl (C=O) groups excluding carboxylic acids is 2. The van der Waals surface area contributed by atoms with Crippen molar-refractivity contribution < 1.29 is 14.5 Å². The molecule has 1 aliphatic heterocycles. The Bertz CT molecular complexity index is 570. The van der Waals surface area contributed by atoms with E-state index in [0.717, 1.165) is 17.8 Å². The van der Waals surface area contributed by atoms with E-state index in [2.05, 4.69) is 10.3 Å². The first-order chi connectivity index (χ1) is 8.56. The second kappa shape index (κ2) is 4.96. The minimum absolute atomic E-state index is 0.110. The topological polar surface area (TPSA) is 102 Å². The summed E-state index contributed by atoms with van der Waals surface area (Å²) in [5, 5.41) is 13.2. The molecule has 0 bridgehead atoms. The van der Waals surface area contributed by atoms with E-state index in [1.807, 2.05) is 0 Å². The first-order valence-electron chi connectivity index (χ1n) is 4.86. The molecule has 1 aromatic rings. The van der Waals surface area contributed by atoms with E-state index in [1.54, 1.807) is 0 Å². The maximum atomic E-state index is 11.7. The summed E-state index contributed by atoms with van der Waals surface area (Å²) in [7, 11) is 0. The molecule has 0 atom stereocenters. The zero-order valence-electron chi connectivity index (χ0n) is 8.95. The van der Waals surface area contributed by atoms with Gasteiger partial charge in [0.2, 0.25) is 5.91 Å². The molecule has 0 aromatic heterocycles.